The van der Waals surface area contributed by atoms with Gasteiger partial charge in [-0.15, -0.1) is 0 Å². The summed E-state index contributed by atoms with van der Waals surface area (Å²) < 4.78 is 0. The van der Waals surface area contributed by atoms with E-state index in [1.54, 1.807) is 0 Å². The lowest BCUT2D eigenvalue weighted by molar-refractivity contribution is 0.171. The fourth-order valence-electron chi connectivity index (χ4n) is 2.55. The number of hydrogen-bond acceptors (Lipinski definition) is 2. The smallest absolute Gasteiger partial charge is 0.0635 e. The Morgan fingerprint density at radius 3 is 2.50 bits per heavy atom. The summed E-state index contributed by atoms with van der Waals surface area (Å²) in [6.45, 7) is 4.31. The van der Waals surface area contributed by atoms with Crippen molar-refractivity contribution in [3.05, 3.63) is 0 Å². The van der Waals surface area contributed by atoms with Crippen molar-refractivity contribution in [3.63, 3.8) is 0 Å². The summed E-state index contributed by atoms with van der Waals surface area (Å²) in [5.74, 6) is 1.02. The van der Waals surface area contributed by atoms with Gasteiger partial charge < -0.3 is 10.8 Å². The Hall–Kier alpha value is -0.0800. The summed E-state index contributed by atoms with van der Waals surface area (Å²) >= 11 is 0. The van der Waals surface area contributed by atoms with Crippen molar-refractivity contribution in [2.45, 2.75) is 32.4 Å². The molecule has 2 heteroatoms. The zero-order chi connectivity index (χ0) is 7.52. The minimum Gasteiger partial charge on any atom is -0.392 e. The molecule has 0 bridgehead atoms. The first-order valence-corrected chi connectivity index (χ1v) is 4.02. The highest BCUT2D eigenvalue weighted by Gasteiger charge is 2.68. The lowest BCUT2D eigenvalue weighted by Crippen LogP contribution is -2.31. The summed E-state index contributed by atoms with van der Waals surface area (Å²) in [5.41, 5.74) is 6.02. The molecule has 0 spiro atoms. The molecule has 5 atom stereocenters. The maximum absolute atomic E-state index is 9.44. The molecule has 0 radical (unpaired) electrons. The fourth-order valence-corrected chi connectivity index (χ4v) is 2.55. The van der Waals surface area contributed by atoms with Gasteiger partial charge in [-0.2, -0.15) is 0 Å². The lowest BCUT2D eigenvalue weighted by atomic mass is 9.91. The van der Waals surface area contributed by atoms with E-state index in [2.05, 4.69) is 13.8 Å². The van der Waals surface area contributed by atoms with Gasteiger partial charge in [-0.25, -0.2) is 0 Å². The van der Waals surface area contributed by atoms with Crippen LogP contribution in [-0.4, -0.2) is 17.3 Å². The topological polar surface area (TPSA) is 46.2 Å². The molecule has 0 amide bonds. The molecule has 0 aromatic rings. The first-order valence-electron chi connectivity index (χ1n) is 4.02. The first-order chi connectivity index (χ1) is 4.58. The van der Waals surface area contributed by atoms with Crippen molar-refractivity contribution in [1.82, 2.24) is 0 Å². The molecule has 5 unspecified atom stereocenters. The summed E-state index contributed by atoms with van der Waals surface area (Å²) in [4.78, 5) is 0. The molecule has 10 heavy (non-hydrogen) atoms. The summed E-state index contributed by atoms with van der Waals surface area (Å²) in [7, 11) is 0. The Bertz CT molecular complexity index is 171. The number of aliphatic hydroxyl groups excluding tert-OH is 1. The van der Waals surface area contributed by atoms with Crippen molar-refractivity contribution in [2.75, 3.05) is 0 Å². The zero-order valence-electron chi connectivity index (χ0n) is 6.54. The number of nitrogens with two attached hydrogens (primary N) is 1. The van der Waals surface area contributed by atoms with Gasteiger partial charge in [0.05, 0.1) is 6.10 Å². The highest BCUT2D eigenvalue weighted by molar-refractivity contribution is 5.18. The van der Waals surface area contributed by atoms with Gasteiger partial charge >= 0.3 is 0 Å². The average Bonchev–Trinajstić information content (AvgIpc) is 2.29. The quantitative estimate of drug-likeness (QED) is 0.511. The Kier molecular flexibility index (Phi) is 1.03. The summed E-state index contributed by atoms with van der Waals surface area (Å²) in [6.07, 6.45) is 0.973. The van der Waals surface area contributed by atoms with Crippen LogP contribution < -0.4 is 5.73 Å². The highest BCUT2D eigenvalue weighted by atomic mass is 16.3. The predicted octanol–water partition coefficient (Wildman–Crippen LogP) is 0.350. The van der Waals surface area contributed by atoms with E-state index < -0.39 is 0 Å². The molecular formula is C8H15NO. The SMILES string of the molecule is CC1C(N)CC2C(O)C12C. The Balaban J connectivity index is 2.20. The second kappa shape index (κ2) is 1.56. The van der Waals surface area contributed by atoms with E-state index >= 15 is 0 Å². The van der Waals surface area contributed by atoms with Gasteiger partial charge in [0.1, 0.15) is 0 Å². The third-order valence-electron chi connectivity index (χ3n) is 3.86. The highest BCUT2D eigenvalue weighted by Crippen LogP contribution is 2.65. The number of aliphatic hydroxyl groups is 1. The zero-order valence-corrected chi connectivity index (χ0v) is 6.54. The van der Waals surface area contributed by atoms with Crippen molar-refractivity contribution in [2.24, 2.45) is 23.0 Å². The molecule has 0 aromatic carbocycles. The maximum atomic E-state index is 9.44. The number of fused-ring (bicyclic) bond motifs is 1. The minimum atomic E-state index is -0.0534. The van der Waals surface area contributed by atoms with Gasteiger partial charge in [-0.1, -0.05) is 13.8 Å². The molecule has 0 aliphatic heterocycles. The number of hydrogen-bond donors (Lipinski definition) is 2. The van der Waals surface area contributed by atoms with E-state index in [1.165, 1.54) is 0 Å². The molecule has 0 saturated heterocycles. The molecule has 2 aliphatic carbocycles. The lowest BCUT2D eigenvalue weighted by Gasteiger charge is -2.19. The van der Waals surface area contributed by atoms with Crippen molar-refractivity contribution >= 4 is 0 Å². The molecule has 2 rings (SSSR count). The van der Waals surface area contributed by atoms with Crippen LogP contribution in [0.15, 0.2) is 0 Å². The largest absolute Gasteiger partial charge is 0.392 e. The van der Waals surface area contributed by atoms with Gasteiger partial charge in [0, 0.05) is 11.5 Å². The normalized spacial score (nSPS) is 66.0. The van der Waals surface area contributed by atoms with Crippen LogP contribution in [0.1, 0.15) is 20.3 Å². The van der Waals surface area contributed by atoms with Crippen LogP contribution in [0, 0.1) is 17.3 Å². The van der Waals surface area contributed by atoms with Crippen LogP contribution in [0.4, 0.5) is 0 Å². The van der Waals surface area contributed by atoms with Gasteiger partial charge in [0.15, 0.2) is 0 Å². The van der Waals surface area contributed by atoms with Crippen LogP contribution in [-0.2, 0) is 0 Å². The van der Waals surface area contributed by atoms with Crippen LogP contribution in [0.5, 0.6) is 0 Å². The third-order valence-corrected chi connectivity index (χ3v) is 3.86. The monoisotopic (exact) mass is 141 g/mol. The van der Waals surface area contributed by atoms with Gasteiger partial charge in [-0.05, 0) is 18.3 Å². The van der Waals surface area contributed by atoms with E-state index in [-0.39, 0.29) is 11.5 Å². The second-order valence-corrected chi connectivity index (χ2v) is 4.11. The molecule has 2 saturated carbocycles. The molecule has 3 N–H and O–H groups in total. The number of rotatable bonds is 0. The average molecular weight is 141 g/mol. The van der Waals surface area contributed by atoms with Crippen LogP contribution in [0.3, 0.4) is 0 Å². The van der Waals surface area contributed by atoms with Gasteiger partial charge in [0.2, 0.25) is 0 Å². The summed E-state index contributed by atoms with van der Waals surface area (Å²) in [5, 5.41) is 9.44. The second-order valence-electron chi connectivity index (χ2n) is 4.11. The fraction of sp³-hybridized carbons (Fsp3) is 1.00. The van der Waals surface area contributed by atoms with Crippen molar-refractivity contribution in [1.29, 1.82) is 0 Å². The third kappa shape index (κ3) is 0.487. The predicted molar refractivity (Wildman–Crippen MR) is 39.4 cm³/mol. The summed E-state index contributed by atoms with van der Waals surface area (Å²) in [6, 6.07) is 0.332. The van der Waals surface area contributed by atoms with E-state index in [4.69, 9.17) is 5.73 Å². The van der Waals surface area contributed by atoms with Crippen LogP contribution in [0.2, 0.25) is 0 Å². The van der Waals surface area contributed by atoms with Crippen molar-refractivity contribution in [3.8, 4) is 0 Å². The van der Waals surface area contributed by atoms with Gasteiger partial charge in [0.25, 0.3) is 0 Å². The van der Waals surface area contributed by atoms with Crippen molar-refractivity contribution < 1.29 is 5.11 Å². The van der Waals surface area contributed by atoms with E-state index in [0.717, 1.165) is 6.42 Å². The Labute approximate surface area is 61.4 Å². The molecular weight excluding hydrogens is 126 g/mol. The van der Waals surface area contributed by atoms with Crippen LogP contribution >= 0.6 is 0 Å². The molecule has 0 heterocycles. The molecule has 2 nitrogen and oxygen atoms in total. The van der Waals surface area contributed by atoms with Crippen LogP contribution in [0.25, 0.3) is 0 Å². The van der Waals surface area contributed by atoms with Gasteiger partial charge in [-0.3, -0.25) is 0 Å². The molecule has 58 valence electrons. The van der Waals surface area contributed by atoms with E-state index in [1.807, 2.05) is 0 Å². The van der Waals surface area contributed by atoms with E-state index in [9.17, 15) is 5.11 Å². The first kappa shape index (κ1) is 6.62. The Morgan fingerprint density at radius 2 is 2.20 bits per heavy atom. The van der Waals surface area contributed by atoms with E-state index in [0.29, 0.717) is 17.9 Å². The molecule has 0 aromatic heterocycles. The standard InChI is InChI=1S/C8H15NO/c1-4-6(9)3-5-7(10)8(4,5)2/h4-7,10H,3,9H2,1-2H3. The molecule has 2 fully saturated rings. The molecule has 2 aliphatic rings. The Morgan fingerprint density at radius 1 is 1.60 bits per heavy atom. The minimum absolute atomic E-state index is 0.0534. The maximum Gasteiger partial charge on any atom is 0.0635 e.